The summed E-state index contributed by atoms with van der Waals surface area (Å²) in [6, 6.07) is 5.52. The maximum atomic E-state index is 11.8. The number of halogens is 2. The van der Waals surface area contributed by atoms with Crippen molar-refractivity contribution in [1.82, 2.24) is 5.32 Å². The molecule has 0 heterocycles. The Hall–Kier alpha value is -0.730. The van der Waals surface area contributed by atoms with Gasteiger partial charge in [-0.25, -0.2) is 0 Å². The van der Waals surface area contributed by atoms with Crippen molar-refractivity contribution in [2.75, 3.05) is 6.54 Å². The van der Waals surface area contributed by atoms with E-state index in [2.05, 4.69) is 5.32 Å². The second-order valence-electron chi connectivity index (χ2n) is 5.20. The van der Waals surface area contributed by atoms with E-state index in [0.717, 1.165) is 12.1 Å². The molecule has 0 bridgehead atoms. The van der Waals surface area contributed by atoms with E-state index in [9.17, 15) is 4.79 Å². The van der Waals surface area contributed by atoms with Crippen molar-refractivity contribution < 1.29 is 4.79 Å². The summed E-state index contributed by atoms with van der Waals surface area (Å²) in [6.07, 6.45) is 6.34. The standard InChI is InChI=1S/C15H19Cl2NO/c16-13-7-5-11(9-14(13)17)6-8-15(19)18-10-12-3-1-2-4-12/h5,7,9,12H,1-4,6,8,10H2,(H,18,19). The summed E-state index contributed by atoms with van der Waals surface area (Å²) in [5.74, 6) is 0.812. The number of hydrogen-bond acceptors (Lipinski definition) is 1. The average molecular weight is 300 g/mol. The molecule has 1 N–H and O–H groups in total. The Balaban J connectivity index is 1.71. The number of aryl methyl sites for hydroxylation is 1. The molecule has 0 spiro atoms. The summed E-state index contributed by atoms with van der Waals surface area (Å²) in [6.45, 7) is 0.834. The van der Waals surface area contributed by atoms with Crippen molar-refractivity contribution in [3.8, 4) is 0 Å². The van der Waals surface area contributed by atoms with Gasteiger partial charge in [0.2, 0.25) is 5.91 Å². The molecule has 1 amide bonds. The van der Waals surface area contributed by atoms with Crippen LogP contribution in [0.5, 0.6) is 0 Å². The van der Waals surface area contributed by atoms with E-state index in [0.29, 0.717) is 28.8 Å². The highest BCUT2D eigenvalue weighted by atomic mass is 35.5. The van der Waals surface area contributed by atoms with Gasteiger partial charge >= 0.3 is 0 Å². The molecule has 0 radical (unpaired) electrons. The summed E-state index contributed by atoms with van der Waals surface area (Å²) in [5, 5.41) is 4.12. The van der Waals surface area contributed by atoms with E-state index in [4.69, 9.17) is 23.2 Å². The number of benzene rings is 1. The highest BCUT2D eigenvalue weighted by molar-refractivity contribution is 6.42. The Labute approximate surface area is 124 Å². The minimum atomic E-state index is 0.123. The van der Waals surface area contributed by atoms with Crippen LogP contribution >= 0.6 is 23.2 Å². The van der Waals surface area contributed by atoms with Crippen molar-refractivity contribution in [2.45, 2.75) is 38.5 Å². The third-order valence-corrected chi connectivity index (χ3v) is 4.43. The summed E-state index contributed by atoms with van der Waals surface area (Å²) in [5.41, 5.74) is 1.05. The molecule has 4 heteroatoms. The van der Waals surface area contributed by atoms with E-state index >= 15 is 0 Å². The van der Waals surface area contributed by atoms with E-state index in [1.165, 1.54) is 25.7 Å². The van der Waals surface area contributed by atoms with Crippen LogP contribution in [0.4, 0.5) is 0 Å². The molecule has 2 rings (SSSR count). The van der Waals surface area contributed by atoms with Crippen LogP contribution in [0.3, 0.4) is 0 Å². The van der Waals surface area contributed by atoms with Gasteiger partial charge in [0.15, 0.2) is 0 Å². The third-order valence-electron chi connectivity index (χ3n) is 3.69. The zero-order valence-electron chi connectivity index (χ0n) is 10.9. The molecule has 1 fully saturated rings. The second-order valence-corrected chi connectivity index (χ2v) is 6.02. The Bertz CT molecular complexity index is 442. The zero-order chi connectivity index (χ0) is 13.7. The lowest BCUT2D eigenvalue weighted by Crippen LogP contribution is -2.28. The quantitative estimate of drug-likeness (QED) is 0.866. The largest absolute Gasteiger partial charge is 0.356 e. The van der Waals surface area contributed by atoms with Crippen LogP contribution in [0.15, 0.2) is 18.2 Å². The first-order valence-electron chi connectivity index (χ1n) is 6.86. The Morgan fingerprint density at radius 3 is 2.63 bits per heavy atom. The number of carbonyl (C=O) groups excluding carboxylic acids is 1. The minimum Gasteiger partial charge on any atom is -0.356 e. The first-order chi connectivity index (χ1) is 9.15. The van der Waals surface area contributed by atoms with Gasteiger partial charge < -0.3 is 5.32 Å². The molecule has 0 unspecified atom stereocenters. The molecule has 0 aliphatic heterocycles. The SMILES string of the molecule is O=C(CCc1ccc(Cl)c(Cl)c1)NCC1CCCC1. The lowest BCUT2D eigenvalue weighted by molar-refractivity contribution is -0.121. The van der Waals surface area contributed by atoms with E-state index in [1.54, 1.807) is 6.07 Å². The van der Waals surface area contributed by atoms with Crippen LogP contribution in [-0.2, 0) is 11.2 Å². The smallest absolute Gasteiger partial charge is 0.220 e. The molecule has 0 atom stereocenters. The summed E-state index contributed by atoms with van der Waals surface area (Å²) >= 11 is 11.8. The molecule has 19 heavy (non-hydrogen) atoms. The van der Waals surface area contributed by atoms with Gasteiger partial charge in [-0.2, -0.15) is 0 Å². The first-order valence-corrected chi connectivity index (χ1v) is 7.61. The minimum absolute atomic E-state index is 0.123. The van der Waals surface area contributed by atoms with Crippen LogP contribution in [0, 0.1) is 5.92 Å². The molecule has 0 aromatic heterocycles. The van der Waals surface area contributed by atoms with E-state index < -0.39 is 0 Å². The lowest BCUT2D eigenvalue weighted by Gasteiger charge is -2.10. The molecule has 1 aliphatic rings. The van der Waals surface area contributed by atoms with Gasteiger partial charge in [-0.15, -0.1) is 0 Å². The molecular weight excluding hydrogens is 281 g/mol. The van der Waals surface area contributed by atoms with Crippen molar-refractivity contribution >= 4 is 29.1 Å². The van der Waals surface area contributed by atoms with Crippen LogP contribution < -0.4 is 5.32 Å². The second kappa shape index (κ2) is 7.16. The Morgan fingerprint density at radius 2 is 1.95 bits per heavy atom. The highest BCUT2D eigenvalue weighted by Crippen LogP contribution is 2.24. The van der Waals surface area contributed by atoms with Crippen LogP contribution in [0.2, 0.25) is 10.0 Å². The van der Waals surface area contributed by atoms with E-state index in [1.807, 2.05) is 12.1 Å². The van der Waals surface area contributed by atoms with Gasteiger partial charge in [-0.05, 0) is 42.9 Å². The summed E-state index contributed by atoms with van der Waals surface area (Å²) in [7, 11) is 0. The number of nitrogens with one attached hydrogen (secondary N) is 1. The number of amides is 1. The van der Waals surface area contributed by atoms with Gasteiger partial charge in [0.25, 0.3) is 0 Å². The highest BCUT2D eigenvalue weighted by Gasteiger charge is 2.15. The van der Waals surface area contributed by atoms with Gasteiger partial charge in [-0.3, -0.25) is 4.79 Å². The predicted molar refractivity (Wildman–Crippen MR) is 79.8 cm³/mol. The topological polar surface area (TPSA) is 29.1 Å². The fraction of sp³-hybridized carbons (Fsp3) is 0.533. The molecular formula is C15H19Cl2NO. The van der Waals surface area contributed by atoms with Crippen molar-refractivity contribution in [3.05, 3.63) is 33.8 Å². The lowest BCUT2D eigenvalue weighted by atomic mass is 10.1. The molecule has 1 aromatic carbocycles. The maximum Gasteiger partial charge on any atom is 0.220 e. The first kappa shape index (κ1) is 14.7. The van der Waals surface area contributed by atoms with Crippen molar-refractivity contribution in [2.24, 2.45) is 5.92 Å². The Kier molecular flexibility index (Phi) is 5.53. The maximum absolute atomic E-state index is 11.8. The Morgan fingerprint density at radius 1 is 1.21 bits per heavy atom. The monoisotopic (exact) mass is 299 g/mol. The summed E-state index contributed by atoms with van der Waals surface area (Å²) in [4.78, 5) is 11.8. The molecule has 1 aliphatic carbocycles. The van der Waals surface area contributed by atoms with Crippen LogP contribution in [0.25, 0.3) is 0 Å². The molecule has 1 saturated carbocycles. The van der Waals surface area contributed by atoms with Crippen LogP contribution in [-0.4, -0.2) is 12.5 Å². The number of rotatable bonds is 5. The van der Waals surface area contributed by atoms with E-state index in [-0.39, 0.29) is 5.91 Å². The van der Waals surface area contributed by atoms with Crippen molar-refractivity contribution in [3.63, 3.8) is 0 Å². The fourth-order valence-electron chi connectivity index (χ4n) is 2.51. The zero-order valence-corrected chi connectivity index (χ0v) is 12.4. The predicted octanol–water partition coefficient (Wildman–Crippen LogP) is 4.23. The van der Waals surface area contributed by atoms with Gasteiger partial charge in [0.1, 0.15) is 0 Å². The van der Waals surface area contributed by atoms with Gasteiger partial charge in [-0.1, -0.05) is 42.1 Å². The van der Waals surface area contributed by atoms with Crippen molar-refractivity contribution in [1.29, 1.82) is 0 Å². The molecule has 1 aromatic rings. The molecule has 2 nitrogen and oxygen atoms in total. The van der Waals surface area contributed by atoms with Gasteiger partial charge in [0, 0.05) is 13.0 Å². The fourth-order valence-corrected chi connectivity index (χ4v) is 2.83. The normalized spacial score (nSPS) is 15.7. The van der Waals surface area contributed by atoms with Crippen LogP contribution in [0.1, 0.15) is 37.7 Å². The summed E-state index contributed by atoms with van der Waals surface area (Å²) < 4.78 is 0. The number of carbonyl (C=O) groups is 1. The average Bonchev–Trinajstić information content (AvgIpc) is 2.91. The molecule has 104 valence electrons. The molecule has 0 saturated heterocycles. The van der Waals surface area contributed by atoms with Gasteiger partial charge in [0.05, 0.1) is 10.0 Å². The number of hydrogen-bond donors (Lipinski definition) is 1. The third kappa shape index (κ3) is 4.70.